The van der Waals surface area contributed by atoms with Gasteiger partial charge >= 0.3 is 5.69 Å². The molecule has 66 valence electrons. The number of nitro groups is 1. The van der Waals surface area contributed by atoms with E-state index in [1.807, 2.05) is 12.1 Å². The normalized spacial score (nSPS) is 10.5. The lowest BCUT2D eigenvalue weighted by Gasteiger charge is -1.88. The van der Waals surface area contributed by atoms with Gasteiger partial charge in [-0.2, -0.15) is 0 Å². The molecule has 0 atom stereocenters. The first-order valence-electron chi connectivity index (χ1n) is 3.61. The molecule has 2 rings (SSSR count). The fraction of sp³-hybridized carbons (Fsp3) is 0. The molecule has 0 saturated carbocycles. The Morgan fingerprint density at radius 3 is 2.77 bits per heavy atom. The molecule has 1 aromatic heterocycles. The maximum atomic E-state index is 10.6. The molecule has 0 aliphatic heterocycles. The Hall–Kier alpha value is -1.62. The molecule has 0 unspecified atom stereocenters. The van der Waals surface area contributed by atoms with Crippen LogP contribution in [0.15, 0.2) is 24.3 Å². The van der Waals surface area contributed by atoms with Crippen LogP contribution in [0.2, 0.25) is 0 Å². The van der Waals surface area contributed by atoms with Gasteiger partial charge in [0.1, 0.15) is 0 Å². The van der Waals surface area contributed by atoms with Gasteiger partial charge in [0.15, 0.2) is 5.00 Å². The van der Waals surface area contributed by atoms with Crippen LogP contribution in [0.25, 0.3) is 10.1 Å². The Kier molecular flexibility index (Phi) is 1.66. The highest BCUT2D eigenvalue weighted by Gasteiger charge is 2.19. The van der Waals surface area contributed by atoms with Gasteiger partial charge in [0.2, 0.25) is 0 Å². The zero-order chi connectivity index (χ0) is 9.42. The fourth-order valence-electron chi connectivity index (χ4n) is 1.24. The summed E-state index contributed by atoms with van der Waals surface area (Å²) < 4.78 is 0.853. The molecular weight excluding hydrogens is 188 g/mol. The molecule has 0 radical (unpaired) electrons. The van der Waals surface area contributed by atoms with Crippen molar-refractivity contribution in [1.29, 1.82) is 0 Å². The lowest BCUT2D eigenvalue weighted by atomic mass is 10.2. The van der Waals surface area contributed by atoms with E-state index in [-0.39, 0.29) is 10.7 Å². The van der Waals surface area contributed by atoms with Crippen LogP contribution in [0.1, 0.15) is 0 Å². The Morgan fingerprint density at radius 2 is 2.08 bits per heavy atom. The second kappa shape index (κ2) is 2.70. The molecular formula is C8H6N2O2S. The van der Waals surface area contributed by atoms with E-state index >= 15 is 0 Å². The highest BCUT2D eigenvalue weighted by atomic mass is 32.1. The number of fused-ring (bicyclic) bond motifs is 1. The van der Waals surface area contributed by atoms with Crippen molar-refractivity contribution < 1.29 is 4.92 Å². The summed E-state index contributed by atoms with van der Waals surface area (Å²) in [4.78, 5) is 10.2. The topological polar surface area (TPSA) is 69.2 Å². The summed E-state index contributed by atoms with van der Waals surface area (Å²) in [5.74, 6) is 0. The predicted molar refractivity (Wildman–Crippen MR) is 52.9 cm³/mol. The minimum absolute atomic E-state index is 0.0283. The molecule has 2 N–H and O–H groups in total. The SMILES string of the molecule is Nc1sc2ccccc2c1[N+](=O)[O-]. The van der Waals surface area contributed by atoms with Crippen LogP contribution in [0, 0.1) is 10.1 Å². The van der Waals surface area contributed by atoms with Crippen molar-refractivity contribution in [3.63, 3.8) is 0 Å². The highest BCUT2D eigenvalue weighted by molar-refractivity contribution is 7.23. The van der Waals surface area contributed by atoms with E-state index in [0.717, 1.165) is 4.70 Å². The summed E-state index contributed by atoms with van der Waals surface area (Å²) in [7, 11) is 0. The predicted octanol–water partition coefficient (Wildman–Crippen LogP) is 2.39. The van der Waals surface area contributed by atoms with E-state index < -0.39 is 4.92 Å². The van der Waals surface area contributed by atoms with Crippen LogP contribution in [0.4, 0.5) is 10.7 Å². The van der Waals surface area contributed by atoms with Gasteiger partial charge < -0.3 is 5.73 Å². The zero-order valence-electron chi connectivity index (χ0n) is 6.56. The minimum Gasteiger partial charge on any atom is -0.385 e. The third-order valence-electron chi connectivity index (χ3n) is 1.78. The van der Waals surface area contributed by atoms with E-state index in [4.69, 9.17) is 5.73 Å². The Balaban J connectivity index is 2.86. The van der Waals surface area contributed by atoms with Gasteiger partial charge in [0, 0.05) is 4.70 Å². The quantitative estimate of drug-likeness (QED) is 0.559. The third-order valence-corrected chi connectivity index (χ3v) is 2.77. The molecule has 13 heavy (non-hydrogen) atoms. The number of hydrogen-bond donors (Lipinski definition) is 1. The summed E-state index contributed by atoms with van der Waals surface area (Å²) in [5.41, 5.74) is 5.56. The summed E-state index contributed by atoms with van der Waals surface area (Å²) in [6, 6.07) is 7.13. The van der Waals surface area contributed by atoms with Gasteiger partial charge in [-0.15, -0.1) is 11.3 Å². The van der Waals surface area contributed by atoms with Gasteiger partial charge in [-0.3, -0.25) is 10.1 Å². The molecule has 0 bridgehead atoms. The van der Waals surface area contributed by atoms with E-state index in [0.29, 0.717) is 5.39 Å². The standard InChI is InChI=1S/C8H6N2O2S/c9-8-7(10(11)12)5-3-1-2-4-6(5)13-8/h1-4H,9H2. The van der Waals surface area contributed by atoms with Crippen molar-refractivity contribution in [2.45, 2.75) is 0 Å². The van der Waals surface area contributed by atoms with Gasteiger partial charge in [0.25, 0.3) is 0 Å². The minimum atomic E-state index is -0.436. The summed E-state index contributed by atoms with van der Waals surface area (Å²) >= 11 is 1.24. The van der Waals surface area contributed by atoms with E-state index in [9.17, 15) is 10.1 Å². The Bertz CT molecular complexity index is 478. The number of anilines is 1. The third kappa shape index (κ3) is 1.13. The molecule has 0 aliphatic rings. The second-order valence-corrected chi connectivity index (χ2v) is 3.65. The molecule has 2 aromatic rings. The zero-order valence-corrected chi connectivity index (χ0v) is 7.38. The highest BCUT2D eigenvalue weighted by Crippen LogP contribution is 2.38. The van der Waals surface area contributed by atoms with Crippen molar-refractivity contribution in [3.05, 3.63) is 34.4 Å². The average Bonchev–Trinajstić information content (AvgIpc) is 2.39. The van der Waals surface area contributed by atoms with Crippen molar-refractivity contribution >= 4 is 32.1 Å². The number of rotatable bonds is 1. The summed E-state index contributed by atoms with van der Waals surface area (Å²) in [6.45, 7) is 0. The molecule has 4 nitrogen and oxygen atoms in total. The van der Waals surface area contributed by atoms with E-state index in [1.54, 1.807) is 12.1 Å². The van der Waals surface area contributed by atoms with Crippen molar-refractivity contribution in [2.75, 3.05) is 5.73 Å². The molecule has 5 heteroatoms. The molecule has 0 amide bonds. The number of thiophene rings is 1. The van der Waals surface area contributed by atoms with Gasteiger partial charge in [-0.1, -0.05) is 12.1 Å². The smallest absolute Gasteiger partial charge is 0.310 e. The lowest BCUT2D eigenvalue weighted by Crippen LogP contribution is -1.90. The Morgan fingerprint density at radius 1 is 1.38 bits per heavy atom. The first kappa shape index (κ1) is 8.00. The van der Waals surface area contributed by atoms with Crippen molar-refractivity contribution in [1.82, 2.24) is 0 Å². The number of nitrogen functional groups attached to an aromatic ring is 1. The number of nitrogens with zero attached hydrogens (tertiary/aromatic N) is 1. The summed E-state index contributed by atoms with van der Waals surface area (Å²) in [6.07, 6.45) is 0. The molecule has 0 aliphatic carbocycles. The first-order chi connectivity index (χ1) is 6.20. The number of benzene rings is 1. The van der Waals surface area contributed by atoms with Crippen molar-refractivity contribution in [2.24, 2.45) is 0 Å². The molecule has 0 fully saturated rings. The van der Waals surface area contributed by atoms with Gasteiger partial charge in [-0.25, -0.2) is 0 Å². The van der Waals surface area contributed by atoms with Gasteiger partial charge in [-0.05, 0) is 12.1 Å². The largest absolute Gasteiger partial charge is 0.385 e. The van der Waals surface area contributed by atoms with Crippen LogP contribution in [0.5, 0.6) is 0 Å². The van der Waals surface area contributed by atoms with E-state index in [2.05, 4.69) is 0 Å². The number of hydrogen-bond acceptors (Lipinski definition) is 4. The van der Waals surface area contributed by atoms with Crippen LogP contribution in [-0.2, 0) is 0 Å². The molecule has 0 spiro atoms. The van der Waals surface area contributed by atoms with E-state index in [1.165, 1.54) is 11.3 Å². The van der Waals surface area contributed by atoms with Crippen LogP contribution in [-0.4, -0.2) is 4.92 Å². The van der Waals surface area contributed by atoms with Crippen LogP contribution < -0.4 is 5.73 Å². The first-order valence-corrected chi connectivity index (χ1v) is 4.43. The second-order valence-electron chi connectivity index (χ2n) is 2.57. The molecule has 1 heterocycles. The maximum absolute atomic E-state index is 10.6. The lowest BCUT2D eigenvalue weighted by molar-refractivity contribution is -0.381. The average molecular weight is 194 g/mol. The summed E-state index contributed by atoms with van der Waals surface area (Å²) in [5, 5.41) is 11.5. The fourth-order valence-corrected chi connectivity index (χ4v) is 2.18. The molecule has 0 saturated heterocycles. The van der Waals surface area contributed by atoms with Gasteiger partial charge in [0.05, 0.1) is 10.3 Å². The van der Waals surface area contributed by atoms with Crippen LogP contribution >= 0.6 is 11.3 Å². The Labute approximate surface area is 77.7 Å². The van der Waals surface area contributed by atoms with Crippen molar-refractivity contribution in [3.8, 4) is 0 Å². The van der Waals surface area contributed by atoms with Crippen LogP contribution in [0.3, 0.4) is 0 Å². The number of nitrogens with two attached hydrogens (primary N) is 1. The maximum Gasteiger partial charge on any atom is 0.310 e. The monoisotopic (exact) mass is 194 g/mol. The molecule has 1 aromatic carbocycles.